The number of amides is 1. The molecule has 0 aromatic carbocycles. The summed E-state index contributed by atoms with van der Waals surface area (Å²) >= 11 is 1.48. The van der Waals surface area contributed by atoms with Crippen LogP contribution in [0.25, 0.3) is 0 Å². The quantitative estimate of drug-likeness (QED) is 0.776. The Bertz CT molecular complexity index is 297. The molecule has 1 aromatic rings. The number of aromatic nitrogens is 1. The Balaban J connectivity index is 2.67. The second kappa shape index (κ2) is 4.34. The summed E-state index contributed by atoms with van der Waals surface area (Å²) in [5.74, 6) is 0.0249. The molecule has 4 nitrogen and oxygen atoms in total. The Hall–Kier alpha value is -0.940. The number of nitrogens with one attached hydrogen (secondary N) is 1. The van der Waals surface area contributed by atoms with Gasteiger partial charge in [-0.3, -0.25) is 9.69 Å². The highest BCUT2D eigenvalue weighted by molar-refractivity contribution is 7.14. The van der Waals surface area contributed by atoms with Crippen molar-refractivity contribution in [3.05, 3.63) is 11.1 Å². The topological polar surface area (TPSA) is 45.2 Å². The van der Waals surface area contributed by atoms with E-state index in [2.05, 4.69) is 10.3 Å². The van der Waals surface area contributed by atoms with Gasteiger partial charge >= 0.3 is 0 Å². The number of hydrogen-bond donors (Lipinski definition) is 1. The minimum absolute atomic E-state index is 0.0249. The molecule has 0 aliphatic rings. The average molecular weight is 199 g/mol. The van der Waals surface area contributed by atoms with Gasteiger partial charge in [0.15, 0.2) is 5.13 Å². The van der Waals surface area contributed by atoms with Gasteiger partial charge in [-0.15, -0.1) is 11.3 Å². The lowest BCUT2D eigenvalue weighted by molar-refractivity contribution is -0.117. The number of nitrogens with zero attached hydrogens (tertiary/aromatic N) is 2. The second-order valence-electron chi connectivity index (χ2n) is 2.75. The number of anilines is 1. The van der Waals surface area contributed by atoms with Gasteiger partial charge in [0, 0.05) is 12.4 Å². The zero-order valence-corrected chi connectivity index (χ0v) is 8.81. The monoisotopic (exact) mass is 199 g/mol. The zero-order valence-electron chi connectivity index (χ0n) is 8.00. The number of rotatable bonds is 3. The lowest BCUT2D eigenvalue weighted by atomic mass is 10.5. The fourth-order valence-corrected chi connectivity index (χ4v) is 1.66. The highest BCUT2D eigenvalue weighted by atomic mass is 32.1. The molecule has 0 spiro atoms. The molecule has 5 heteroatoms. The van der Waals surface area contributed by atoms with Crippen molar-refractivity contribution in [2.24, 2.45) is 0 Å². The van der Waals surface area contributed by atoms with Crippen molar-refractivity contribution in [1.29, 1.82) is 0 Å². The van der Waals surface area contributed by atoms with E-state index >= 15 is 0 Å². The molecule has 0 fully saturated rings. The van der Waals surface area contributed by atoms with Crippen LogP contribution < -0.4 is 10.2 Å². The summed E-state index contributed by atoms with van der Waals surface area (Å²) in [7, 11) is 3.48. The molecule has 0 bridgehead atoms. The first-order valence-corrected chi connectivity index (χ1v) is 4.86. The standard InChI is InChI=1S/C8H13N3OS/c1-6-5-13-8(10-6)11(3)7(12)4-9-2/h5,9H,4H2,1-3H3. The number of aryl methyl sites for hydroxylation is 1. The minimum Gasteiger partial charge on any atom is -0.311 e. The fraction of sp³-hybridized carbons (Fsp3) is 0.500. The van der Waals surface area contributed by atoms with Crippen LogP contribution >= 0.6 is 11.3 Å². The van der Waals surface area contributed by atoms with Crippen LogP contribution in [0.5, 0.6) is 0 Å². The minimum atomic E-state index is 0.0249. The third-order valence-corrected chi connectivity index (χ3v) is 2.63. The summed E-state index contributed by atoms with van der Waals surface area (Å²) in [4.78, 5) is 17.2. The summed E-state index contributed by atoms with van der Waals surface area (Å²) in [6.45, 7) is 2.26. The molecule has 0 radical (unpaired) electrons. The molecule has 0 saturated carbocycles. The number of carbonyl (C=O) groups is 1. The molecule has 13 heavy (non-hydrogen) atoms. The molecule has 0 aliphatic heterocycles. The van der Waals surface area contributed by atoms with Crippen molar-refractivity contribution >= 4 is 22.4 Å². The molecule has 72 valence electrons. The van der Waals surface area contributed by atoms with Crippen LogP contribution in [0.4, 0.5) is 5.13 Å². The Morgan fingerprint density at radius 3 is 2.92 bits per heavy atom. The zero-order chi connectivity index (χ0) is 9.84. The van der Waals surface area contributed by atoms with E-state index in [1.807, 2.05) is 12.3 Å². The van der Waals surface area contributed by atoms with Crippen molar-refractivity contribution in [1.82, 2.24) is 10.3 Å². The van der Waals surface area contributed by atoms with Crippen LogP contribution in [0.1, 0.15) is 5.69 Å². The highest BCUT2D eigenvalue weighted by Gasteiger charge is 2.12. The number of thiazole rings is 1. The van der Waals surface area contributed by atoms with Gasteiger partial charge in [-0.2, -0.15) is 0 Å². The van der Waals surface area contributed by atoms with Crippen molar-refractivity contribution in [3.8, 4) is 0 Å². The Morgan fingerprint density at radius 2 is 2.46 bits per heavy atom. The van der Waals surface area contributed by atoms with Crippen molar-refractivity contribution in [3.63, 3.8) is 0 Å². The van der Waals surface area contributed by atoms with E-state index in [4.69, 9.17) is 0 Å². The maximum absolute atomic E-state index is 11.4. The van der Waals surface area contributed by atoms with E-state index in [-0.39, 0.29) is 5.91 Å². The lowest BCUT2D eigenvalue weighted by Crippen LogP contribution is -2.33. The third-order valence-electron chi connectivity index (χ3n) is 1.60. The Labute approximate surface area is 81.6 Å². The first kappa shape index (κ1) is 10.1. The van der Waals surface area contributed by atoms with Gasteiger partial charge in [-0.1, -0.05) is 0 Å². The summed E-state index contributed by atoms with van der Waals surface area (Å²) in [5, 5.41) is 5.49. The van der Waals surface area contributed by atoms with Crippen LogP contribution in [-0.4, -0.2) is 31.5 Å². The van der Waals surface area contributed by atoms with Crippen LogP contribution in [0.3, 0.4) is 0 Å². The number of carbonyl (C=O) groups excluding carboxylic acids is 1. The molecule has 1 amide bonds. The van der Waals surface area contributed by atoms with Crippen LogP contribution in [0, 0.1) is 6.92 Å². The molecule has 0 unspecified atom stereocenters. The summed E-state index contributed by atoms with van der Waals surface area (Å²) in [6.07, 6.45) is 0. The predicted octanol–water partition coefficient (Wildman–Crippen LogP) is 0.634. The van der Waals surface area contributed by atoms with E-state index in [1.165, 1.54) is 11.3 Å². The van der Waals surface area contributed by atoms with Crippen molar-refractivity contribution < 1.29 is 4.79 Å². The van der Waals surface area contributed by atoms with Crippen LogP contribution in [-0.2, 0) is 4.79 Å². The maximum Gasteiger partial charge on any atom is 0.242 e. The van der Waals surface area contributed by atoms with Gasteiger partial charge in [0.25, 0.3) is 0 Å². The lowest BCUT2D eigenvalue weighted by Gasteiger charge is -2.12. The normalized spacial score (nSPS) is 10.1. The first-order chi connectivity index (χ1) is 6.15. The van der Waals surface area contributed by atoms with Gasteiger partial charge in [-0.25, -0.2) is 4.98 Å². The smallest absolute Gasteiger partial charge is 0.242 e. The molecule has 1 heterocycles. The summed E-state index contributed by atoms with van der Waals surface area (Å²) in [6, 6.07) is 0. The molecular weight excluding hydrogens is 186 g/mol. The SMILES string of the molecule is CNCC(=O)N(C)c1nc(C)cs1. The van der Waals surface area contributed by atoms with Crippen molar-refractivity contribution in [2.75, 3.05) is 25.5 Å². The molecule has 0 saturated heterocycles. The van der Waals surface area contributed by atoms with Gasteiger partial charge < -0.3 is 5.32 Å². The van der Waals surface area contributed by atoms with Gasteiger partial charge in [0.2, 0.25) is 5.91 Å². The third kappa shape index (κ3) is 2.50. The molecule has 0 atom stereocenters. The van der Waals surface area contributed by atoms with E-state index in [9.17, 15) is 4.79 Å². The highest BCUT2D eigenvalue weighted by Crippen LogP contribution is 2.18. The molecular formula is C8H13N3OS. The number of likely N-dealkylation sites (N-methyl/N-ethyl adjacent to an activating group) is 2. The van der Waals surface area contributed by atoms with E-state index in [0.29, 0.717) is 6.54 Å². The molecule has 1 aromatic heterocycles. The first-order valence-electron chi connectivity index (χ1n) is 3.98. The number of hydrogen-bond acceptors (Lipinski definition) is 4. The Morgan fingerprint density at radius 1 is 1.77 bits per heavy atom. The second-order valence-corrected chi connectivity index (χ2v) is 3.59. The average Bonchev–Trinajstić information content (AvgIpc) is 2.51. The fourth-order valence-electron chi connectivity index (χ4n) is 0.872. The maximum atomic E-state index is 11.4. The van der Waals surface area contributed by atoms with Crippen LogP contribution in [0.2, 0.25) is 0 Å². The molecule has 1 N–H and O–H groups in total. The largest absolute Gasteiger partial charge is 0.311 e. The van der Waals surface area contributed by atoms with E-state index < -0.39 is 0 Å². The molecule has 1 rings (SSSR count). The van der Waals surface area contributed by atoms with Crippen LogP contribution in [0.15, 0.2) is 5.38 Å². The van der Waals surface area contributed by atoms with E-state index in [1.54, 1.807) is 19.0 Å². The van der Waals surface area contributed by atoms with Gasteiger partial charge in [0.1, 0.15) is 0 Å². The van der Waals surface area contributed by atoms with Gasteiger partial charge in [-0.05, 0) is 14.0 Å². The Kier molecular flexibility index (Phi) is 3.39. The van der Waals surface area contributed by atoms with Crippen molar-refractivity contribution in [2.45, 2.75) is 6.92 Å². The molecule has 0 aliphatic carbocycles. The summed E-state index contributed by atoms with van der Waals surface area (Å²) < 4.78 is 0. The van der Waals surface area contributed by atoms with E-state index in [0.717, 1.165) is 10.8 Å². The predicted molar refractivity (Wildman–Crippen MR) is 54.2 cm³/mol. The van der Waals surface area contributed by atoms with Gasteiger partial charge in [0.05, 0.1) is 12.2 Å². The summed E-state index contributed by atoms with van der Waals surface area (Å²) in [5.41, 5.74) is 0.948.